The quantitative estimate of drug-likeness (QED) is 0.715. The molecule has 0 radical (unpaired) electrons. The molecule has 2 amide bonds. The average molecular weight is 259 g/mol. The standard InChI is InChI=1S/C11H21N3O2S/c1-17-7-4-9(12)11(16)14-5-2-8(3-6-14)10(13)15/h8-9H,2-7,12H2,1H3,(H2,13,15)/t9-/m1/s1. The maximum absolute atomic E-state index is 12.0. The highest BCUT2D eigenvalue weighted by molar-refractivity contribution is 7.98. The Labute approximate surface area is 106 Å². The minimum absolute atomic E-state index is 0.00182. The molecule has 98 valence electrons. The molecule has 17 heavy (non-hydrogen) atoms. The van der Waals surface area contributed by atoms with Crippen LogP contribution in [0.4, 0.5) is 0 Å². The normalized spacial score (nSPS) is 19.1. The second-order valence-electron chi connectivity index (χ2n) is 4.39. The Morgan fingerprint density at radius 2 is 2.00 bits per heavy atom. The van der Waals surface area contributed by atoms with Crippen LogP contribution in [0.3, 0.4) is 0 Å². The van der Waals surface area contributed by atoms with Crippen LogP contribution in [-0.4, -0.2) is 47.9 Å². The largest absolute Gasteiger partial charge is 0.369 e. The van der Waals surface area contributed by atoms with Crippen molar-refractivity contribution in [3.05, 3.63) is 0 Å². The molecule has 0 aromatic rings. The van der Waals surface area contributed by atoms with E-state index in [-0.39, 0.29) is 17.7 Å². The number of thioether (sulfide) groups is 1. The zero-order valence-corrected chi connectivity index (χ0v) is 11.0. The topological polar surface area (TPSA) is 89.4 Å². The lowest BCUT2D eigenvalue weighted by Gasteiger charge is -2.32. The number of amides is 2. The molecule has 0 bridgehead atoms. The first-order chi connectivity index (χ1) is 8.06. The van der Waals surface area contributed by atoms with Gasteiger partial charge in [0.15, 0.2) is 0 Å². The number of piperidine rings is 1. The summed E-state index contributed by atoms with van der Waals surface area (Å²) in [5, 5.41) is 0. The molecule has 6 heteroatoms. The maximum Gasteiger partial charge on any atom is 0.239 e. The van der Waals surface area contributed by atoms with Crippen LogP contribution in [0.15, 0.2) is 0 Å². The summed E-state index contributed by atoms with van der Waals surface area (Å²) in [6, 6.07) is -0.410. The maximum atomic E-state index is 12.0. The van der Waals surface area contributed by atoms with Crippen molar-refractivity contribution in [1.29, 1.82) is 0 Å². The summed E-state index contributed by atoms with van der Waals surface area (Å²) >= 11 is 1.69. The van der Waals surface area contributed by atoms with E-state index in [4.69, 9.17) is 11.5 Å². The van der Waals surface area contributed by atoms with Crippen molar-refractivity contribution in [2.75, 3.05) is 25.1 Å². The molecule has 1 saturated heterocycles. The summed E-state index contributed by atoms with van der Waals surface area (Å²) in [5.41, 5.74) is 11.1. The molecule has 1 heterocycles. The molecule has 0 aliphatic carbocycles. The summed E-state index contributed by atoms with van der Waals surface area (Å²) in [6.45, 7) is 1.19. The van der Waals surface area contributed by atoms with Crippen LogP contribution >= 0.6 is 11.8 Å². The second kappa shape index (κ2) is 6.86. The minimum Gasteiger partial charge on any atom is -0.369 e. The first-order valence-corrected chi connectivity index (χ1v) is 7.28. The predicted octanol–water partition coefficient (Wildman–Crippen LogP) is -0.209. The Hall–Kier alpha value is -0.750. The average Bonchev–Trinajstić information content (AvgIpc) is 2.35. The van der Waals surface area contributed by atoms with Crippen molar-refractivity contribution in [3.63, 3.8) is 0 Å². The number of hydrogen-bond donors (Lipinski definition) is 2. The number of primary amides is 1. The van der Waals surface area contributed by atoms with Gasteiger partial charge < -0.3 is 16.4 Å². The van der Waals surface area contributed by atoms with E-state index in [1.54, 1.807) is 16.7 Å². The number of rotatable bonds is 5. The highest BCUT2D eigenvalue weighted by Gasteiger charge is 2.28. The lowest BCUT2D eigenvalue weighted by Crippen LogP contribution is -2.48. The predicted molar refractivity (Wildman–Crippen MR) is 69.5 cm³/mol. The fourth-order valence-electron chi connectivity index (χ4n) is 1.99. The number of hydrogen-bond acceptors (Lipinski definition) is 4. The van der Waals surface area contributed by atoms with E-state index in [1.807, 2.05) is 6.26 Å². The lowest BCUT2D eigenvalue weighted by molar-refractivity contribution is -0.136. The molecule has 1 aliphatic heterocycles. The van der Waals surface area contributed by atoms with Crippen LogP contribution in [0.1, 0.15) is 19.3 Å². The van der Waals surface area contributed by atoms with Gasteiger partial charge in [0.1, 0.15) is 0 Å². The van der Waals surface area contributed by atoms with Gasteiger partial charge in [-0.05, 0) is 31.3 Å². The molecule has 0 spiro atoms. The molecule has 1 fully saturated rings. The second-order valence-corrected chi connectivity index (χ2v) is 5.38. The summed E-state index contributed by atoms with van der Waals surface area (Å²) in [7, 11) is 0. The van der Waals surface area contributed by atoms with Gasteiger partial charge in [-0.15, -0.1) is 0 Å². The SMILES string of the molecule is CSCC[C@@H](N)C(=O)N1CCC(C(N)=O)CC1. The molecule has 0 aromatic heterocycles. The van der Waals surface area contributed by atoms with Gasteiger partial charge >= 0.3 is 0 Å². The highest BCUT2D eigenvalue weighted by Crippen LogP contribution is 2.17. The number of nitrogens with two attached hydrogens (primary N) is 2. The monoisotopic (exact) mass is 259 g/mol. The van der Waals surface area contributed by atoms with Crippen LogP contribution in [0.5, 0.6) is 0 Å². The van der Waals surface area contributed by atoms with Crippen LogP contribution in [0, 0.1) is 5.92 Å². The zero-order valence-electron chi connectivity index (χ0n) is 10.2. The highest BCUT2D eigenvalue weighted by atomic mass is 32.2. The molecular weight excluding hydrogens is 238 g/mol. The summed E-state index contributed by atoms with van der Waals surface area (Å²) in [4.78, 5) is 24.7. The van der Waals surface area contributed by atoms with Crippen molar-refractivity contribution in [2.24, 2.45) is 17.4 Å². The molecule has 4 N–H and O–H groups in total. The van der Waals surface area contributed by atoms with Crippen molar-refractivity contribution in [2.45, 2.75) is 25.3 Å². The Kier molecular flexibility index (Phi) is 5.77. The minimum atomic E-state index is -0.410. The summed E-state index contributed by atoms with van der Waals surface area (Å²) < 4.78 is 0. The van der Waals surface area contributed by atoms with Crippen LogP contribution < -0.4 is 11.5 Å². The number of nitrogens with zero attached hydrogens (tertiary/aromatic N) is 1. The van der Waals surface area contributed by atoms with E-state index in [9.17, 15) is 9.59 Å². The Balaban J connectivity index is 2.37. The van der Waals surface area contributed by atoms with Gasteiger partial charge in [-0.3, -0.25) is 9.59 Å². The van der Waals surface area contributed by atoms with E-state index in [2.05, 4.69) is 0 Å². The van der Waals surface area contributed by atoms with Gasteiger partial charge in [0.2, 0.25) is 11.8 Å². The molecule has 0 saturated carbocycles. The number of carbonyl (C=O) groups excluding carboxylic acids is 2. The van der Waals surface area contributed by atoms with Gasteiger partial charge in [-0.2, -0.15) is 11.8 Å². The molecule has 5 nitrogen and oxygen atoms in total. The number of carbonyl (C=O) groups is 2. The van der Waals surface area contributed by atoms with Gasteiger partial charge in [0, 0.05) is 19.0 Å². The van der Waals surface area contributed by atoms with Crippen molar-refractivity contribution in [1.82, 2.24) is 4.90 Å². The lowest BCUT2D eigenvalue weighted by atomic mass is 9.96. The van der Waals surface area contributed by atoms with Crippen molar-refractivity contribution >= 4 is 23.6 Å². The van der Waals surface area contributed by atoms with E-state index in [0.29, 0.717) is 32.4 Å². The first-order valence-electron chi connectivity index (χ1n) is 5.89. The van der Waals surface area contributed by atoms with Crippen LogP contribution in [-0.2, 0) is 9.59 Å². The van der Waals surface area contributed by atoms with E-state index in [0.717, 1.165) is 5.75 Å². The summed E-state index contributed by atoms with van der Waals surface area (Å²) in [6.07, 6.45) is 4.03. The molecular formula is C11H21N3O2S. The van der Waals surface area contributed by atoms with E-state index >= 15 is 0 Å². The Bertz CT molecular complexity index is 278. The van der Waals surface area contributed by atoms with E-state index < -0.39 is 6.04 Å². The summed E-state index contributed by atoms with van der Waals surface area (Å²) in [5.74, 6) is 0.553. The van der Waals surface area contributed by atoms with Crippen molar-refractivity contribution < 1.29 is 9.59 Å². The third-order valence-corrected chi connectivity index (χ3v) is 3.80. The van der Waals surface area contributed by atoms with Gasteiger partial charge in [-0.25, -0.2) is 0 Å². The van der Waals surface area contributed by atoms with Crippen molar-refractivity contribution in [3.8, 4) is 0 Å². The number of likely N-dealkylation sites (tertiary alicyclic amines) is 1. The fraction of sp³-hybridized carbons (Fsp3) is 0.818. The molecule has 1 atom stereocenters. The molecule has 0 unspecified atom stereocenters. The van der Waals surface area contributed by atoms with Crippen LogP contribution in [0.2, 0.25) is 0 Å². The third-order valence-electron chi connectivity index (χ3n) is 3.16. The molecule has 0 aromatic carbocycles. The van der Waals surface area contributed by atoms with E-state index in [1.165, 1.54) is 0 Å². The molecule has 1 aliphatic rings. The Morgan fingerprint density at radius 3 is 2.47 bits per heavy atom. The smallest absolute Gasteiger partial charge is 0.239 e. The zero-order chi connectivity index (χ0) is 12.8. The first kappa shape index (κ1) is 14.3. The van der Waals surface area contributed by atoms with Gasteiger partial charge in [-0.1, -0.05) is 0 Å². The van der Waals surface area contributed by atoms with Gasteiger partial charge in [0.25, 0.3) is 0 Å². The van der Waals surface area contributed by atoms with Crippen LogP contribution in [0.25, 0.3) is 0 Å². The third kappa shape index (κ3) is 4.20. The van der Waals surface area contributed by atoms with Gasteiger partial charge in [0.05, 0.1) is 6.04 Å². The Morgan fingerprint density at radius 1 is 1.41 bits per heavy atom. The molecule has 1 rings (SSSR count). The fourth-order valence-corrected chi connectivity index (χ4v) is 2.48.